The molecule has 2 rings (SSSR count). The highest BCUT2D eigenvalue weighted by Crippen LogP contribution is 2.29. The molecule has 7 heteroatoms. The van der Waals surface area contributed by atoms with Crippen LogP contribution in [0.3, 0.4) is 0 Å². The Balaban J connectivity index is 2.02. The zero-order valence-corrected chi connectivity index (χ0v) is 14.7. The SMILES string of the molecule is COc1ccc(CNC(=O)Nc2ccc(OC)cc2OC)c(OC)c1. The van der Waals surface area contributed by atoms with E-state index in [0.717, 1.165) is 5.56 Å². The average Bonchev–Trinajstić information content (AvgIpc) is 2.66. The third-order valence-corrected chi connectivity index (χ3v) is 3.59. The Kier molecular flexibility index (Phi) is 6.33. The molecule has 2 amide bonds. The van der Waals surface area contributed by atoms with Crippen molar-refractivity contribution in [1.82, 2.24) is 5.32 Å². The Morgan fingerprint density at radius 2 is 1.44 bits per heavy atom. The summed E-state index contributed by atoms with van der Waals surface area (Å²) in [7, 11) is 6.25. The van der Waals surface area contributed by atoms with Crippen molar-refractivity contribution >= 4 is 11.7 Å². The number of hydrogen-bond donors (Lipinski definition) is 2. The first-order chi connectivity index (χ1) is 12.1. The van der Waals surface area contributed by atoms with Crippen LogP contribution in [-0.2, 0) is 6.54 Å². The Morgan fingerprint density at radius 3 is 2.04 bits per heavy atom. The predicted molar refractivity (Wildman–Crippen MR) is 95.0 cm³/mol. The molecule has 0 saturated heterocycles. The molecule has 0 radical (unpaired) electrons. The van der Waals surface area contributed by atoms with Gasteiger partial charge in [0.05, 0.1) is 34.1 Å². The van der Waals surface area contributed by atoms with Crippen LogP contribution in [0.4, 0.5) is 10.5 Å². The molecule has 0 heterocycles. The first kappa shape index (κ1) is 18.3. The fraction of sp³-hybridized carbons (Fsp3) is 0.278. The molecule has 2 aromatic carbocycles. The highest BCUT2D eigenvalue weighted by molar-refractivity contribution is 5.91. The fourth-order valence-corrected chi connectivity index (χ4v) is 2.24. The highest BCUT2D eigenvalue weighted by atomic mass is 16.5. The van der Waals surface area contributed by atoms with Crippen molar-refractivity contribution in [2.24, 2.45) is 0 Å². The lowest BCUT2D eigenvalue weighted by Gasteiger charge is -2.14. The monoisotopic (exact) mass is 346 g/mol. The van der Waals surface area contributed by atoms with Gasteiger partial charge in [-0.05, 0) is 24.3 Å². The highest BCUT2D eigenvalue weighted by Gasteiger charge is 2.10. The summed E-state index contributed by atoms with van der Waals surface area (Å²) in [4.78, 5) is 12.2. The van der Waals surface area contributed by atoms with Gasteiger partial charge in [-0.2, -0.15) is 0 Å². The van der Waals surface area contributed by atoms with Crippen LogP contribution in [0.2, 0.25) is 0 Å². The van der Waals surface area contributed by atoms with E-state index in [4.69, 9.17) is 18.9 Å². The number of amides is 2. The minimum atomic E-state index is -0.360. The van der Waals surface area contributed by atoms with E-state index in [9.17, 15) is 4.79 Å². The second-order valence-electron chi connectivity index (χ2n) is 5.05. The molecule has 0 aliphatic heterocycles. The zero-order chi connectivity index (χ0) is 18.2. The first-order valence-electron chi connectivity index (χ1n) is 7.59. The molecule has 0 aliphatic carbocycles. The van der Waals surface area contributed by atoms with Crippen LogP contribution in [-0.4, -0.2) is 34.5 Å². The van der Waals surface area contributed by atoms with E-state index in [1.54, 1.807) is 45.6 Å². The van der Waals surface area contributed by atoms with Crippen molar-refractivity contribution in [3.05, 3.63) is 42.0 Å². The summed E-state index contributed by atoms with van der Waals surface area (Å²) in [6, 6.07) is 10.2. The summed E-state index contributed by atoms with van der Waals surface area (Å²) in [6.45, 7) is 0.303. The fourth-order valence-electron chi connectivity index (χ4n) is 2.24. The van der Waals surface area contributed by atoms with Gasteiger partial charge in [0.15, 0.2) is 0 Å². The quantitative estimate of drug-likeness (QED) is 0.806. The van der Waals surface area contributed by atoms with Gasteiger partial charge in [0.25, 0.3) is 0 Å². The van der Waals surface area contributed by atoms with Crippen molar-refractivity contribution in [3.8, 4) is 23.0 Å². The molecule has 25 heavy (non-hydrogen) atoms. The number of methoxy groups -OCH3 is 4. The lowest BCUT2D eigenvalue weighted by atomic mass is 10.2. The molecule has 134 valence electrons. The van der Waals surface area contributed by atoms with Crippen molar-refractivity contribution in [1.29, 1.82) is 0 Å². The third kappa shape index (κ3) is 4.69. The number of urea groups is 1. The predicted octanol–water partition coefficient (Wildman–Crippen LogP) is 3.04. The lowest BCUT2D eigenvalue weighted by Crippen LogP contribution is -2.28. The molecule has 0 aromatic heterocycles. The van der Waals surface area contributed by atoms with Crippen molar-refractivity contribution in [2.75, 3.05) is 33.8 Å². The number of rotatable bonds is 7. The molecule has 0 bridgehead atoms. The number of carbonyl (C=O) groups is 1. The summed E-state index contributed by atoms with van der Waals surface area (Å²) in [5.41, 5.74) is 1.38. The molecule has 0 atom stereocenters. The summed E-state index contributed by atoms with van der Waals surface area (Å²) < 4.78 is 20.9. The number of ether oxygens (including phenoxy) is 4. The topological polar surface area (TPSA) is 78.1 Å². The van der Waals surface area contributed by atoms with Gasteiger partial charge in [0.1, 0.15) is 23.0 Å². The molecule has 0 spiro atoms. The Hall–Kier alpha value is -3.09. The molecule has 2 N–H and O–H groups in total. The summed E-state index contributed by atoms with van der Waals surface area (Å²) >= 11 is 0. The van der Waals surface area contributed by atoms with Gasteiger partial charge in [-0.15, -0.1) is 0 Å². The summed E-state index contributed by atoms with van der Waals surface area (Å²) in [5.74, 6) is 2.48. The van der Waals surface area contributed by atoms with Gasteiger partial charge in [0, 0.05) is 24.2 Å². The van der Waals surface area contributed by atoms with E-state index < -0.39 is 0 Å². The van der Waals surface area contributed by atoms with Gasteiger partial charge in [0.2, 0.25) is 0 Å². The molecule has 0 saturated carbocycles. The molecular formula is C18H22N2O5. The summed E-state index contributed by atoms with van der Waals surface area (Å²) in [5, 5.41) is 5.53. The van der Waals surface area contributed by atoms with E-state index in [1.165, 1.54) is 7.11 Å². The number of hydrogen-bond acceptors (Lipinski definition) is 5. The van der Waals surface area contributed by atoms with Crippen LogP contribution in [0.5, 0.6) is 23.0 Å². The molecule has 0 unspecified atom stereocenters. The van der Waals surface area contributed by atoms with Gasteiger partial charge < -0.3 is 29.6 Å². The van der Waals surface area contributed by atoms with Crippen molar-refractivity contribution < 1.29 is 23.7 Å². The summed E-state index contributed by atoms with van der Waals surface area (Å²) in [6.07, 6.45) is 0. The van der Waals surface area contributed by atoms with Gasteiger partial charge in [-0.25, -0.2) is 4.79 Å². The number of carbonyl (C=O) groups excluding carboxylic acids is 1. The second-order valence-corrected chi connectivity index (χ2v) is 5.05. The first-order valence-corrected chi connectivity index (χ1v) is 7.59. The Morgan fingerprint density at radius 1 is 0.840 bits per heavy atom. The van der Waals surface area contributed by atoms with Gasteiger partial charge in [-0.3, -0.25) is 0 Å². The van der Waals surface area contributed by atoms with Gasteiger partial charge in [-0.1, -0.05) is 0 Å². The number of nitrogens with one attached hydrogen (secondary N) is 2. The Labute approximate surface area is 146 Å². The standard InChI is InChI=1S/C18H22N2O5/c1-22-13-6-5-12(16(9-13)24-3)11-19-18(21)20-15-8-7-14(23-2)10-17(15)25-4/h5-10H,11H2,1-4H3,(H2,19,20,21). The van der Waals surface area contributed by atoms with Crippen LogP contribution in [0.1, 0.15) is 5.56 Å². The number of anilines is 1. The molecular weight excluding hydrogens is 324 g/mol. The van der Waals surface area contributed by atoms with Crippen molar-refractivity contribution in [2.45, 2.75) is 6.54 Å². The van der Waals surface area contributed by atoms with E-state index in [0.29, 0.717) is 35.2 Å². The lowest BCUT2D eigenvalue weighted by molar-refractivity contribution is 0.251. The minimum Gasteiger partial charge on any atom is -0.497 e. The second kappa shape index (κ2) is 8.68. The van der Waals surface area contributed by atoms with Crippen LogP contribution in [0.25, 0.3) is 0 Å². The van der Waals surface area contributed by atoms with E-state index in [2.05, 4.69) is 10.6 Å². The Bertz CT molecular complexity index is 733. The maximum atomic E-state index is 12.2. The smallest absolute Gasteiger partial charge is 0.319 e. The van der Waals surface area contributed by atoms with Crippen LogP contribution >= 0.6 is 0 Å². The van der Waals surface area contributed by atoms with Gasteiger partial charge >= 0.3 is 6.03 Å². The molecule has 0 aliphatic rings. The zero-order valence-electron chi connectivity index (χ0n) is 14.7. The minimum absolute atomic E-state index is 0.303. The molecule has 2 aromatic rings. The average molecular weight is 346 g/mol. The third-order valence-electron chi connectivity index (χ3n) is 3.59. The van der Waals surface area contributed by atoms with E-state index in [-0.39, 0.29) is 6.03 Å². The normalized spacial score (nSPS) is 9.92. The van der Waals surface area contributed by atoms with Crippen molar-refractivity contribution in [3.63, 3.8) is 0 Å². The van der Waals surface area contributed by atoms with E-state index in [1.807, 2.05) is 12.1 Å². The largest absolute Gasteiger partial charge is 0.497 e. The van der Waals surface area contributed by atoms with Crippen LogP contribution < -0.4 is 29.6 Å². The van der Waals surface area contributed by atoms with Crippen LogP contribution in [0.15, 0.2) is 36.4 Å². The number of benzene rings is 2. The van der Waals surface area contributed by atoms with E-state index >= 15 is 0 Å². The maximum absolute atomic E-state index is 12.2. The maximum Gasteiger partial charge on any atom is 0.319 e. The molecule has 7 nitrogen and oxygen atoms in total. The molecule has 0 fully saturated rings. The van der Waals surface area contributed by atoms with Crippen LogP contribution in [0, 0.1) is 0 Å².